The molecule has 7 heteroatoms. The summed E-state index contributed by atoms with van der Waals surface area (Å²) in [5.74, 6) is 2.22. The Balaban J connectivity index is 1.76. The van der Waals surface area contributed by atoms with Gasteiger partial charge in [0.1, 0.15) is 6.54 Å². The third kappa shape index (κ3) is 8.51. The van der Waals surface area contributed by atoms with E-state index in [0.29, 0.717) is 18.6 Å². The van der Waals surface area contributed by atoms with Crippen LogP contribution >= 0.6 is 0 Å². The second-order valence-corrected chi connectivity index (χ2v) is 7.55. The lowest BCUT2D eigenvalue weighted by molar-refractivity contribution is -0.120. The van der Waals surface area contributed by atoms with Gasteiger partial charge in [0.15, 0.2) is 17.5 Å². The fourth-order valence-corrected chi connectivity index (χ4v) is 3.66. The summed E-state index contributed by atoms with van der Waals surface area (Å²) in [5, 5.41) is 9.63. The summed E-state index contributed by atoms with van der Waals surface area (Å²) in [5.41, 5.74) is 1.20. The third-order valence-corrected chi connectivity index (χ3v) is 5.16. The van der Waals surface area contributed by atoms with E-state index in [0.717, 1.165) is 50.3 Å². The number of hydrogen-bond acceptors (Lipinski definition) is 4. The number of methoxy groups -OCH3 is 1. The Morgan fingerprint density at radius 2 is 1.93 bits per heavy atom. The van der Waals surface area contributed by atoms with E-state index in [4.69, 9.17) is 9.47 Å². The van der Waals surface area contributed by atoms with Gasteiger partial charge in [0.2, 0.25) is 5.91 Å². The van der Waals surface area contributed by atoms with Crippen molar-refractivity contribution in [2.24, 2.45) is 4.99 Å². The largest absolute Gasteiger partial charge is 0.493 e. The number of rotatable bonds is 11. The molecule has 0 bridgehead atoms. The Bertz CT molecular complexity index is 672. The van der Waals surface area contributed by atoms with Crippen LogP contribution in [0.5, 0.6) is 11.5 Å². The molecule has 1 aliphatic carbocycles. The predicted molar refractivity (Wildman–Crippen MR) is 121 cm³/mol. The molecule has 1 amide bonds. The molecule has 1 fully saturated rings. The van der Waals surface area contributed by atoms with Gasteiger partial charge in [-0.05, 0) is 57.2 Å². The van der Waals surface area contributed by atoms with Crippen LogP contribution in [0.1, 0.15) is 57.9 Å². The van der Waals surface area contributed by atoms with Gasteiger partial charge in [-0.1, -0.05) is 25.3 Å². The van der Waals surface area contributed by atoms with Crippen LogP contribution < -0.4 is 25.4 Å². The molecule has 3 N–H and O–H groups in total. The highest BCUT2D eigenvalue weighted by atomic mass is 16.5. The predicted octanol–water partition coefficient (Wildman–Crippen LogP) is 3.03. The van der Waals surface area contributed by atoms with Crippen LogP contribution in [0.3, 0.4) is 0 Å². The summed E-state index contributed by atoms with van der Waals surface area (Å²) in [6, 6.07) is 6.38. The van der Waals surface area contributed by atoms with Crippen molar-refractivity contribution in [1.29, 1.82) is 0 Å². The summed E-state index contributed by atoms with van der Waals surface area (Å²) in [6.07, 6.45) is 7.73. The molecule has 7 nitrogen and oxygen atoms in total. The number of nitrogens with one attached hydrogen (secondary N) is 3. The summed E-state index contributed by atoms with van der Waals surface area (Å²) in [7, 11) is 1.65. The lowest BCUT2D eigenvalue weighted by Gasteiger charge is -2.22. The molecule has 0 radical (unpaired) electrons. The number of nitrogens with zero attached hydrogens (tertiary/aromatic N) is 1. The van der Waals surface area contributed by atoms with Crippen molar-refractivity contribution in [3.05, 3.63) is 23.8 Å². The summed E-state index contributed by atoms with van der Waals surface area (Å²) in [4.78, 5) is 16.6. The number of carbonyl (C=O) groups excluding carboxylic acids is 1. The number of aryl methyl sites for hydroxylation is 1. The molecule has 0 unspecified atom stereocenters. The summed E-state index contributed by atoms with van der Waals surface area (Å²) in [6.45, 7) is 6.28. The fourth-order valence-electron chi connectivity index (χ4n) is 3.66. The molecule has 0 saturated heterocycles. The first-order valence-electron chi connectivity index (χ1n) is 11.3. The highest BCUT2D eigenvalue weighted by molar-refractivity contribution is 5.85. The van der Waals surface area contributed by atoms with Gasteiger partial charge in [0.25, 0.3) is 0 Å². The van der Waals surface area contributed by atoms with Crippen molar-refractivity contribution in [2.45, 2.75) is 64.8 Å². The zero-order valence-corrected chi connectivity index (χ0v) is 18.8. The molecule has 0 aromatic heterocycles. The van der Waals surface area contributed by atoms with E-state index < -0.39 is 0 Å². The maximum Gasteiger partial charge on any atom is 0.242 e. The average Bonchev–Trinajstić information content (AvgIpc) is 2.76. The second kappa shape index (κ2) is 13.7. The van der Waals surface area contributed by atoms with Gasteiger partial charge in [0, 0.05) is 19.1 Å². The first kappa shape index (κ1) is 23.8. The van der Waals surface area contributed by atoms with Crippen molar-refractivity contribution in [2.75, 3.05) is 33.4 Å². The van der Waals surface area contributed by atoms with Crippen molar-refractivity contribution in [3.8, 4) is 11.5 Å². The fraction of sp³-hybridized carbons (Fsp3) is 0.652. The van der Waals surface area contributed by atoms with E-state index in [-0.39, 0.29) is 12.5 Å². The van der Waals surface area contributed by atoms with Crippen molar-refractivity contribution in [3.63, 3.8) is 0 Å². The van der Waals surface area contributed by atoms with Gasteiger partial charge in [-0.15, -0.1) is 0 Å². The minimum atomic E-state index is 0.000731. The van der Waals surface area contributed by atoms with Gasteiger partial charge in [-0.2, -0.15) is 0 Å². The maximum absolute atomic E-state index is 12.2. The summed E-state index contributed by atoms with van der Waals surface area (Å²) >= 11 is 0. The number of carbonyl (C=O) groups is 1. The number of aliphatic imine (C=N–C) groups is 1. The highest BCUT2D eigenvalue weighted by Gasteiger charge is 2.15. The van der Waals surface area contributed by atoms with Crippen LogP contribution in [-0.2, 0) is 11.2 Å². The van der Waals surface area contributed by atoms with Crippen LogP contribution in [0.15, 0.2) is 23.2 Å². The number of hydrogen-bond donors (Lipinski definition) is 3. The smallest absolute Gasteiger partial charge is 0.242 e. The topological polar surface area (TPSA) is 84.0 Å². The monoisotopic (exact) mass is 418 g/mol. The molecule has 2 rings (SSSR count). The van der Waals surface area contributed by atoms with Crippen molar-refractivity contribution in [1.82, 2.24) is 16.0 Å². The molecular weight excluding hydrogens is 380 g/mol. The van der Waals surface area contributed by atoms with Crippen LogP contribution in [0.25, 0.3) is 0 Å². The van der Waals surface area contributed by atoms with Crippen molar-refractivity contribution < 1.29 is 14.3 Å². The molecular formula is C23H38N4O3. The zero-order chi connectivity index (χ0) is 21.6. The molecule has 0 heterocycles. The Kier molecular flexibility index (Phi) is 10.9. The van der Waals surface area contributed by atoms with Gasteiger partial charge in [-0.25, -0.2) is 4.99 Å². The molecule has 1 aromatic rings. The van der Waals surface area contributed by atoms with Crippen LogP contribution in [0.4, 0.5) is 0 Å². The molecule has 168 valence electrons. The molecule has 1 aromatic carbocycles. The standard InChI is InChI=1S/C23H38N4O3/c1-4-24-23(26-17-22(28)27-19-11-7-6-8-12-19)25-15-9-10-18-13-14-20(29-3)21(16-18)30-5-2/h13-14,16,19H,4-12,15,17H2,1-3H3,(H,27,28)(H2,24,25,26). The normalized spacial score (nSPS) is 14.8. The molecule has 0 aliphatic heterocycles. The Morgan fingerprint density at radius 3 is 2.63 bits per heavy atom. The Morgan fingerprint density at radius 1 is 1.13 bits per heavy atom. The minimum Gasteiger partial charge on any atom is -0.493 e. The molecule has 0 atom stereocenters. The molecule has 30 heavy (non-hydrogen) atoms. The van der Waals surface area contributed by atoms with E-state index in [9.17, 15) is 4.79 Å². The van der Waals surface area contributed by atoms with Crippen LogP contribution in [0, 0.1) is 0 Å². The lowest BCUT2D eigenvalue weighted by atomic mass is 9.95. The van der Waals surface area contributed by atoms with E-state index in [1.807, 2.05) is 26.0 Å². The van der Waals surface area contributed by atoms with Crippen molar-refractivity contribution >= 4 is 11.9 Å². The SMILES string of the molecule is CCNC(=NCC(=O)NC1CCCCC1)NCCCc1ccc(OC)c(OCC)c1. The van der Waals surface area contributed by atoms with E-state index in [1.165, 1.54) is 24.8 Å². The van der Waals surface area contributed by atoms with E-state index in [1.54, 1.807) is 7.11 Å². The Labute approximate surface area is 181 Å². The number of benzene rings is 1. The second-order valence-electron chi connectivity index (χ2n) is 7.55. The quantitative estimate of drug-likeness (QED) is 0.292. The molecule has 1 aliphatic rings. The van der Waals surface area contributed by atoms with E-state index in [2.05, 4.69) is 27.0 Å². The first-order chi connectivity index (χ1) is 14.7. The maximum atomic E-state index is 12.2. The van der Waals surface area contributed by atoms with Crippen LogP contribution in [0.2, 0.25) is 0 Å². The number of ether oxygens (including phenoxy) is 2. The highest BCUT2D eigenvalue weighted by Crippen LogP contribution is 2.28. The lowest BCUT2D eigenvalue weighted by Crippen LogP contribution is -2.41. The number of amides is 1. The number of guanidine groups is 1. The van der Waals surface area contributed by atoms with Gasteiger partial charge < -0.3 is 25.4 Å². The van der Waals surface area contributed by atoms with Gasteiger partial charge >= 0.3 is 0 Å². The van der Waals surface area contributed by atoms with Gasteiger partial charge in [-0.3, -0.25) is 4.79 Å². The summed E-state index contributed by atoms with van der Waals surface area (Å²) < 4.78 is 11.0. The van der Waals surface area contributed by atoms with Crippen LogP contribution in [-0.4, -0.2) is 51.3 Å². The minimum absolute atomic E-state index is 0.000731. The molecule has 0 spiro atoms. The first-order valence-corrected chi connectivity index (χ1v) is 11.3. The van der Waals surface area contributed by atoms with Gasteiger partial charge in [0.05, 0.1) is 13.7 Å². The zero-order valence-electron chi connectivity index (χ0n) is 18.8. The Hall–Kier alpha value is -2.44. The van der Waals surface area contributed by atoms with E-state index >= 15 is 0 Å². The average molecular weight is 419 g/mol. The third-order valence-electron chi connectivity index (χ3n) is 5.16. The molecule has 1 saturated carbocycles.